The topological polar surface area (TPSA) is 142 Å². The van der Waals surface area contributed by atoms with Gasteiger partial charge in [0.25, 0.3) is 0 Å². The van der Waals surface area contributed by atoms with Gasteiger partial charge >= 0.3 is 5.97 Å². The van der Waals surface area contributed by atoms with Crippen molar-refractivity contribution >= 4 is 23.7 Å². The van der Waals surface area contributed by atoms with Gasteiger partial charge in [-0.25, -0.2) is 4.79 Å². The van der Waals surface area contributed by atoms with Gasteiger partial charge in [-0.2, -0.15) is 0 Å². The van der Waals surface area contributed by atoms with E-state index in [1.807, 2.05) is 66.7 Å². The van der Waals surface area contributed by atoms with E-state index in [4.69, 9.17) is 5.73 Å². The van der Waals surface area contributed by atoms with E-state index in [2.05, 4.69) is 10.6 Å². The molecular weight excluding hydrogens is 520 g/mol. The van der Waals surface area contributed by atoms with Crippen LogP contribution in [0.5, 0.6) is 0 Å². The summed E-state index contributed by atoms with van der Waals surface area (Å²) in [6.07, 6.45) is 1.68. The van der Waals surface area contributed by atoms with Crippen LogP contribution in [-0.2, 0) is 38.4 Å². The number of benzene rings is 3. The van der Waals surface area contributed by atoms with Gasteiger partial charge in [-0.05, 0) is 36.0 Å². The Kier molecular flexibility index (Phi) is 10.2. The van der Waals surface area contributed by atoms with Gasteiger partial charge in [-0.15, -0.1) is 0 Å². The number of aliphatic carboxylic acids is 1. The maximum absolute atomic E-state index is 13.5. The van der Waals surface area contributed by atoms with Crippen LogP contribution in [0.2, 0.25) is 0 Å². The Balaban J connectivity index is 1.47. The zero-order valence-corrected chi connectivity index (χ0v) is 22.8. The van der Waals surface area contributed by atoms with Crippen molar-refractivity contribution in [3.8, 4) is 0 Å². The third-order valence-corrected chi connectivity index (χ3v) is 7.27. The fourth-order valence-electron chi connectivity index (χ4n) is 5.12. The Morgan fingerprint density at radius 1 is 0.756 bits per heavy atom. The number of rotatable bonds is 12. The number of hydrogen-bond donors (Lipinski definition) is 4. The number of hydrogen-bond acceptors (Lipinski definition) is 5. The van der Waals surface area contributed by atoms with Crippen LogP contribution in [0.4, 0.5) is 0 Å². The van der Waals surface area contributed by atoms with Crippen LogP contribution in [0.15, 0.2) is 91.0 Å². The SMILES string of the molecule is NC(Cc1ccccc1)C(=O)N1CCCC1C(=O)NC(Cc1ccccc1)C(=O)NC(Cc1ccccc1)C(=O)O. The molecule has 9 nitrogen and oxygen atoms in total. The first-order chi connectivity index (χ1) is 19.8. The van der Waals surface area contributed by atoms with E-state index in [9.17, 15) is 24.3 Å². The summed E-state index contributed by atoms with van der Waals surface area (Å²) in [6, 6.07) is 23.8. The summed E-state index contributed by atoms with van der Waals surface area (Å²) < 4.78 is 0. The summed E-state index contributed by atoms with van der Waals surface area (Å²) in [7, 11) is 0. The predicted molar refractivity (Wildman–Crippen MR) is 155 cm³/mol. The van der Waals surface area contributed by atoms with Crippen molar-refractivity contribution in [2.24, 2.45) is 5.73 Å². The molecule has 4 atom stereocenters. The van der Waals surface area contributed by atoms with Crippen LogP contribution < -0.4 is 16.4 Å². The lowest BCUT2D eigenvalue weighted by Crippen LogP contribution is -2.57. The van der Waals surface area contributed by atoms with Crippen molar-refractivity contribution in [2.75, 3.05) is 6.54 Å². The van der Waals surface area contributed by atoms with Crippen molar-refractivity contribution in [3.05, 3.63) is 108 Å². The van der Waals surface area contributed by atoms with Gasteiger partial charge < -0.3 is 26.4 Å². The maximum atomic E-state index is 13.5. The molecule has 0 aliphatic carbocycles. The van der Waals surface area contributed by atoms with Crippen molar-refractivity contribution in [1.29, 1.82) is 0 Å². The molecular formula is C32H36N4O5. The number of nitrogens with one attached hydrogen (secondary N) is 2. The monoisotopic (exact) mass is 556 g/mol. The second kappa shape index (κ2) is 14.2. The van der Waals surface area contributed by atoms with Gasteiger partial charge in [0.2, 0.25) is 17.7 Å². The largest absolute Gasteiger partial charge is 0.480 e. The molecule has 3 aromatic carbocycles. The first-order valence-electron chi connectivity index (χ1n) is 13.8. The first-order valence-corrected chi connectivity index (χ1v) is 13.8. The van der Waals surface area contributed by atoms with Crippen molar-refractivity contribution in [1.82, 2.24) is 15.5 Å². The summed E-state index contributed by atoms with van der Waals surface area (Å²) in [5, 5.41) is 15.2. The number of carbonyl (C=O) groups excluding carboxylic acids is 3. The number of nitrogens with two attached hydrogens (primary N) is 1. The maximum Gasteiger partial charge on any atom is 0.326 e. The van der Waals surface area contributed by atoms with Gasteiger partial charge in [0.15, 0.2) is 0 Å². The second-order valence-electron chi connectivity index (χ2n) is 10.3. The molecule has 1 fully saturated rings. The molecule has 3 amide bonds. The fourth-order valence-corrected chi connectivity index (χ4v) is 5.12. The molecule has 214 valence electrons. The Morgan fingerprint density at radius 2 is 1.24 bits per heavy atom. The van der Waals surface area contributed by atoms with Crippen molar-refractivity contribution in [3.63, 3.8) is 0 Å². The molecule has 5 N–H and O–H groups in total. The van der Waals surface area contributed by atoms with Gasteiger partial charge in [0.05, 0.1) is 6.04 Å². The molecule has 1 aliphatic heterocycles. The van der Waals surface area contributed by atoms with E-state index in [1.54, 1.807) is 24.3 Å². The number of nitrogens with zero attached hydrogens (tertiary/aromatic N) is 1. The standard InChI is InChI=1S/C32H36N4O5/c33-25(19-22-11-4-1-5-12-22)31(39)36-18-10-17-28(36)30(38)34-26(20-23-13-6-2-7-14-23)29(37)35-27(32(40)41)21-24-15-8-3-9-16-24/h1-9,11-16,25-28H,10,17-21,33H2,(H,34,38)(H,35,37)(H,40,41). The molecule has 3 aromatic rings. The van der Waals surface area contributed by atoms with E-state index < -0.39 is 42.0 Å². The van der Waals surface area contributed by atoms with E-state index in [0.29, 0.717) is 25.8 Å². The summed E-state index contributed by atoms with van der Waals surface area (Å²) in [5.41, 5.74) is 8.73. The summed E-state index contributed by atoms with van der Waals surface area (Å²) in [5.74, 6) is -2.56. The third kappa shape index (κ3) is 8.25. The highest BCUT2D eigenvalue weighted by Crippen LogP contribution is 2.20. The van der Waals surface area contributed by atoms with Crippen LogP contribution in [0.3, 0.4) is 0 Å². The number of carboxylic acids is 1. The molecule has 0 bridgehead atoms. The van der Waals surface area contributed by atoms with Crippen LogP contribution in [-0.4, -0.2) is 64.4 Å². The minimum absolute atomic E-state index is 0.0954. The van der Waals surface area contributed by atoms with Gasteiger partial charge in [0.1, 0.15) is 18.1 Å². The highest BCUT2D eigenvalue weighted by atomic mass is 16.4. The van der Waals surface area contributed by atoms with Crippen LogP contribution >= 0.6 is 0 Å². The van der Waals surface area contributed by atoms with Crippen LogP contribution in [0, 0.1) is 0 Å². The smallest absolute Gasteiger partial charge is 0.326 e. The highest BCUT2D eigenvalue weighted by Gasteiger charge is 2.38. The zero-order chi connectivity index (χ0) is 29.2. The number of carboxylic acid groups (broad SMARTS) is 1. The highest BCUT2D eigenvalue weighted by molar-refractivity contribution is 5.94. The molecule has 9 heteroatoms. The minimum Gasteiger partial charge on any atom is -0.480 e. The molecule has 4 unspecified atom stereocenters. The molecule has 1 aliphatic rings. The molecule has 1 heterocycles. The number of likely N-dealkylation sites (tertiary alicyclic amines) is 1. The van der Waals surface area contributed by atoms with E-state index in [-0.39, 0.29) is 18.7 Å². The lowest BCUT2D eigenvalue weighted by atomic mass is 10.0. The average molecular weight is 557 g/mol. The first kappa shape index (κ1) is 29.5. The Morgan fingerprint density at radius 3 is 1.76 bits per heavy atom. The number of amides is 3. The molecule has 0 spiro atoms. The Labute approximate surface area is 239 Å². The lowest BCUT2D eigenvalue weighted by Gasteiger charge is -2.29. The minimum atomic E-state index is -1.18. The quantitative estimate of drug-likeness (QED) is 0.269. The molecule has 41 heavy (non-hydrogen) atoms. The van der Waals surface area contributed by atoms with Gasteiger partial charge in [-0.3, -0.25) is 14.4 Å². The normalized spacial score (nSPS) is 16.8. The summed E-state index contributed by atoms with van der Waals surface area (Å²) in [4.78, 5) is 53.7. The van der Waals surface area contributed by atoms with Crippen molar-refractivity contribution < 1.29 is 24.3 Å². The van der Waals surface area contributed by atoms with Gasteiger partial charge in [-0.1, -0.05) is 91.0 Å². The van der Waals surface area contributed by atoms with E-state index >= 15 is 0 Å². The van der Waals surface area contributed by atoms with Crippen LogP contribution in [0.25, 0.3) is 0 Å². The predicted octanol–water partition coefficient (Wildman–Crippen LogP) is 2.09. The lowest BCUT2D eigenvalue weighted by molar-refractivity contribution is -0.143. The number of carbonyl (C=O) groups is 4. The second-order valence-corrected chi connectivity index (χ2v) is 10.3. The fraction of sp³-hybridized carbons (Fsp3) is 0.312. The zero-order valence-electron chi connectivity index (χ0n) is 22.8. The Bertz CT molecular complexity index is 1320. The molecule has 0 aromatic heterocycles. The average Bonchev–Trinajstić information content (AvgIpc) is 3.48. The van der Waals surface area contributed by atoms with E-state index in [0.717, 1.165) is 16.7 Å². The van der Waals surface area contributed by atoms with E-state index in [1.165, 1.54) is 4.90 Å². The molecule has 0 radical (unpaired) electrons. The third-order valence-electron chi connectivity index (χ3n) is 7.27. The molecule has 0 saturated carbocycles. The van der Waals surface area contributed by atoms with Crippen LogP contribution in [0.1, 0.15) is 29.5 Å². The molecule has 4 rings (SSSR count). The Hall–Kier alpha value is -4.50. The van der Waals surface area contributed by atoms with Gasteiger partial charge in [0, 0.05) is 19.4 Å². The summed E-state index contributed by atoms with van der Waals surface area (Å²) >= 11 is 0. The summed E-state index contributed by atoms with van der Waals surface area (Å²) in [6.45, 7) is 0.396. The van der Waals surface area contributed by atoms with Crippen molar-refractivity contribution in [2.45, 2.75) is 56.3 Å². The molecule has 1 saturated heterocycles.